The van der Waals surface area contributed by atoms with Gasteiger partial charge in [0.1, 0.15) is 11.8 Å². The number of carbonyl (C=O) groups excluding carboxylic acids is 2. The van der Waals surface area contributed by atoms with Crippen molar-refractivity contribution in [2.75, 3.05) is 26.2 Å². The van der Waals surface area contributed by atoms with Crippen molar-refractivity contribution in [3.8, 4) is 5.75 Å². The fraction of sp³-hybridized carbons (Fsp3) is 0.733. The number of hydrogen-bond donors (Lipinski definition) is 5. The number of benzene rings is 1. The van der Waals surface area contributed by atoms with Crippen molar-refractivity contribution in [2.45, 2.75) is 116 Å². The van der Waals surface area contributed by atoms with Gasteiger partial charge in [0.2, 0.25) is 11.8 Å². The lowest BCUT2D eigenvalue weighted by Crippen LogP contribution is -2.48. The normalized spacial score (nSPS) is 11.8. The lowest BCUT2D eigenvalue weighted by Gasteiger charge is -2.19. The van der Waals surface area contributed by atoms with Gasteiger partial charge in [-0.05, 0) is 69.4 Å². The maximum Gasteiger partial charge on any atom is 0.242 e. The number of phenolic OH excluding ortho intramolecular Hbond substituents is 1. The van der Waals surface area contributed by atoms with Gasteiger partial charge in [0, 0.05) is 19.4 Å². The summed E-state index contributed by atoms with van der Waals surface area (Å²) in [5, 5.41) is 18.9. The van der Waals surface area contributed by atoms with Gasteiger partial charge in [-0.2, -0.15) is 0 Å². The molecule has 0 saturated heterocycles. The van der Waals surface area contributed by atoms with Gasteiger partial charge < -0.3 is 26.8 Å². The van der Waals surface area contributed by atoms with E-state index in [1.807, 2.05) is 6.92 Å². The molecule has 0 fully saturated rings. The minimum atomic E-state index is -0.605. The third-order valence-electron chi connectivity index (χ3n) is 6.64. The summed E-state index contributed by atoms with van der Waals surface area (Å²) in [7, 11) is 0. The third kappa shape index (κ3) is 18.7. The number of aromatic hydroxyl groups is 1. The number of rotatable bonds is 24. The molecule has 1 aromatic rings. The van der Waals surface area contributed by atoms with Crippen LogP contribution in [0.4, 0.5) is 0 Å². The molecule has 0 aliphatic carbocycles. The highest BCUT2D eigenvalue weighted by molar-refractivity contribution is 5.87. The molecule has 0 radical (unpaired) electrons. The van der Waals surface area contributed by atoms with Crippen LogP contribution in [0.1, 0.15) is 109 Å². The summed E-state index contributed by atoms with van der Waals surface area (Å²) in [5.41, 5.74) is 6.42. The van der Waals surface area contributed by atoms with Crippen molar-refractivity contribution < 1.29 is 14.7 Å². The molecule has 0 aliphatic heterocycles. The number of amides is 2. The van der Waals surface area contributed by atoms with Gasteiger partial charge in [0.15, 0.2) is 0 Å². The van der Waals surface area contributed by atoms with Crippen LogP contribution in [0, 0.1) is 0 Å². The molecular weight excluding hydrogens is 464 g/mol. The van der Waals surface area contributed by atoms with Crippen molar-refractivity contribution in [2.24, 2.45) is 5.73 Å². The van der Waals surface area contributed by atoms with E-state index in [0.717, 1.165) is 50.9 Å². The molecule has 0 aromatic heterocycles. The Labute approximate surface area is 225 Å². The first kappa shape index (κ1) is 32.9. The maximum atomic E-state index is 12.7. The van der Waals surface area contributed by atoms with E-state index in [1.165, 1.54) is 64.2 Å². The predicted molar refractivity (Wildman–Crippen MR) is 154 cm³/mol. The minimum Gasteiger partial charge on any atom is -0.508 e. The lowest BCUT2D eigenvalue weighted by atomic mass is 10.0. The molecule has 212 valence electrons. The van der Waals surface area contributed by atoms with Crippen molar-refractivity contribution in [3.63, 3.8) is 0 Å². The van der Waals surface area contributed by atoms with E-state index in [2.05, 4.69) is 16.0 Å². The monoisotopic (exact) mass is 518 g/mol. The molecule has 7 nitrogen and oxygen atoms in total. The highest BCUT2D eigenvalue weighted by Gasteiger charge is 2.20. The number of nitrogens with one attached hydrogen (secondary N) is 3. The van der Waals surface area contributed by atoms with E-state index >= 15 is 0 Å². The molecule has 2 amide bonds. The van der Waals surface area contributed by atoms with Gasteiger partial charge in [0.05, 0.1) is 0 Å². The standard InChI is InChI=1S/C30H54N4O3/c1-2-16-29(36)34-28(25-26-17-19-27(35)20-18-26)30(37)33-24-15-11-14-23-32-22-13-10-8-6-4-3-5-7-9-12-21-31/h17-20,28,32,35H,2-16,21-25,31H2,1H3,(H,33,37)(H,34,36)/t28-/m0/s1. The second kappa shape index (κ2) is 23.0. The van der Waals surface area contributed by atoms with Crippen LogP contribution in [-0.4, -0.2) is 49.1 Å². The Kier molecular flexibility index (Phi) is 20.5. The SMILES string of the molecule is CCCC(=O)N[C@@H](Cc1ccc(O)cc1)C(=O)NCCCCCNCCCCCCCCCCCCN. The Morgan fingerprint density at radius 2 is 1.30 bits per heavy atom. The molecule has 0 bridgehead atoms. The zero-order valence-electron chi connectivity index (χ0n) is 23.4. The van der Waals surface area contributed by atoms with Crippen LogP contribution in [0.2, 0.25) is 0 Å². The zero-order valence-corrected chi connectivity index (χ0v) is 23.4. The first-order valence-electron chi connectivity index (χ1n) is 14.8. The van der Waals surface area contributed by atoms with Crippen molar-refractivity contribution in [3.05, 3.63) is 29.8 Å². The number of hydrogen-bond acceptors (Lipinski definition) is 5. The Morgan fingerprint density at radius 1 is 0.784 bits per heavy atom. The summed E-state index contributed by atoms with van der Waals surface area (Å²) in [6.07, 6.45) is 17.8. The summed E-state index contributed by atoms with van der Waals surface area (Å²) in [4.78, 5) is 24.8. The van der Waals surface area contributed by atoms with Gasteiger partial charge in [-0.15, -0.1) is 0 Å². The van der Waals surface area contributed by atoms with E-state index in [9.17, 15) is 14.7 Å². The van der Waals surface area contributed by atoms with Crippen LogP contribution < -0.4 is 21.7 Å². The molecule has 1 rings (SSSR count). The molecule has 37 heavy (non-hydrogen) atoms. The Balaban J connectivity index is 2.05. The highest BCUT2D eigenvalue weighted by atomic mass is 16.3. The lowest BCUT2D eigenvalue weighted by molar-refractivity contribution is -0.129. The average Bonchev–Trinajstić information content (AvgIpc) is 2.89. The van der Waals surface area contributed by atoms with Crippen molar-refractivity contribution in [1.29, 1.82) is 0 Å². The molecule has 6 N–H and O–H groups in total. The second-order valence-corrected chi connectivity index (χ2v) is 10.2. The molecule has 1 aromatic carbocycles. The second-order valence-electron chi connectivity index (χ2n) is 10.2. The quantitative estimate of drug-likeness (QED) is 0.124. The predicted octanol–water partition coefficient (Wildman–Crippen LogP) is 4.96. The Bertz CT molecular complexity index is 697. The number of nitrogens with two attached hydrogens (primary N) is 1. The fourth-order valence-corrected chi connectivity index (χ4v) is 4.39. The van der Waals surface area contributed by atoms with E-state index in [4.69, 9.17) is 5.73 Å². The van der Waals surface area contributed by atoms with Gasteiger partial charge in [0.25, 0.3) is 0 Å². The molecule has 1 atom stereocenters. The van der Waals surface area contributed by atoms with E-state index in [1.54, 1.807) is 24.3 Å². The molecule has 0 unspecified atom stereocenters. The third-order valence-corrected chi connectivity index (χ3v) is 6.64. The summed E-state index contributed by atoms with van der Waals surface area (Å²) < 4.78 is 0. The molecule has 0 spiro atoms. The van der Waals surface area contributed by atoms with Crippen LogP contribution >= 0.6 is 0 Å². The van der Waals surface area contributed by atoms with Crippen LogP contribution in [-0.2, 0) is 16.0 Å². The number of carbonyl (C=O) groups is 2. The molecular formula is C30H54N4O3. The van der Waals surface area contributed by atoms with E-state index < -0.39 is 6.04 Å². The molecule has 0 heterocycles. The zero-order chi connectivity index (χ0) is 27.0. The first-order valence-corrected chi connectivity index (χ1v) is 14.8. The summed E-state index contributed by atoms with van der Waals surface area (Å²) >= 11 is 0. The summed E-state index contributed by atoms with van der Waals surface area (Å²) in [6, 6.07) is 6.15. The Hall–Kier alpha value is -2.12. The summed E-state index contributed by atoms with van der Waals surface area (Å²) in [5.74, 6) is -0.0751. The van der Waals surface area contributed by atoms with Crippen molar-refractivity contribution in [1.82, 2.24) is 16.0 Å². The van der Waals surface area contributed by atoms with Crippen LogP contribution in [0.15, 0.2) is 24.3 Å². The molecule has 0 aliphatic rings. The van der Waals surface area contributed by atoms with E-state index in [0.29, 0.717) is 19.4 Å². The Morgan fingerprint density at radius 3 is 1.86 bits per heavy atom. The average molecular weight is 519 g/mol. The molecule has 0 saturated carbocycles. The highest BCUT2D eigenvalue weighted by Crippen LogP contribution is 2.12. The topological polar surface area (TPSA) is 116 Å². The minimum absolute atomic E-state index is 0.110. The smallest absolute Gasteiger partial charge is 0.242 e. The van der Waals surface area contributed by atoms with Gasteiger partial charge >= 0.3 is 0 Å². The van der Waals surface area contributed by atoms with Crippen LogP contribution in [0.25, 0.3) is 0 Å². The van der Waals surface area contributed by atoms with Gasteiger partial charge in [-0.1, -0.05) is 76.8 Å². The maximum absolute atomic E-state index is 12.7. The largest absolute Gasteiger partial charge is 0.508 e. The van der Waals surface area contributed by atoms with E-state index in [-0.39, 0.29) is 17.6 Å². The van der Waals surface area contributed by atoms with Gasteiger partial charge in [-0.3, -0.25) is 9.59 Å². The molecule has 7 heteroatoms. The summed E-state index contributed by atoms with van der Waals surface area (Å²) in [6.45, 7) is 5.50. The number of unbranched alkanes of at least 4 members (excludes halogenated alkanes) is 11. The van der Waals surface area contributed by atoms with Gasteiger partial charge in [-0.25, -0.2) is 0 Å². The van der Waals surface area contributed by atoms with Crippen LogP contribution in [0.3, 0.4) is 0 Å². The van der Waals surface area contributed by atoms with Crippen molar-refractivity contribution >= 4 is 11.8 Å². The van der Waals surface area contributed by atoms with Crippen LogP contribution in [0.5, 0.6) is 5.75 Å². The number of phenols is 1. The fourth-order valence-electron chi connectivity index (χ4n) is 4.39. The first-order chi connectivity index (χ1) is 18.1.